The van der Waals surface area contributed by atoms with Gasteiger partial charge in [0, 0.05) is 24.5 Å². The zero-order valence-corrected chi connectivity index (χ0v) is 17.0. The average molecular weight is 410 g/mol. The van der Waals surface area contributed by atoms with Crippen molar-refractivity contribution in [3.63, 3.8) is 0 Å². The highest BCUT2D eigenvalue weighted by atomic mass is 16.6. The maximum absolute atomic E-state index is 12.3. The summed E-state index contributed by atoms with van der Waals surface area (Å²) in [7, 11) is 0. The number of carbonyl (C=O) groups excluding carboxylic acids is 3. The fourth-order valence-electron chi connectivity index (χ4n) is 3.28. The van der Waals surface area contributed by atoms with Crippen molar-refractivity contribution < 1.29 is 23.9 Å². The molecule has 30 heavy (non-hydrogen) atoms. The largest absolute Gasteiger partial charge is 0.481 e. The summed E-state index contributed by atoms with van der Waals surface area (Å²) >= 11 is 0. The summed E-state index contributed by atoms with van der Waals surface area (Å²) in [4.78, 5) is 37.6. The fourth-order valence-corrected chi connectivity index (χ4v) is 3.28. The lowest BCUT2D eigenvalue weighted by molar-refractivity contribution is -0.155. The SMILES string of the molecule is C[C@H](OC(=O)COc1ccccc1C=O)C(=O)Nc1ccc(N2CCCCC2)cc1. The van der Waals surface area contributed by atoms with E-state index in [1.807, 2.05) is 24.3 Å². The third kappa shape index (κ3) is 5.83. The third-order valence-electron chi connectivity index (χ3n) is 4.93. The van der Waals surface area contributed by atoms with Crippen LogP contribution in [0, 0.1) is 0 Å². The highest BCUT2D eigenvalue weighted by molar-refractivity contribution is 5.95. The number of amides is 1. The first-order valence-electron chi connectivity index (χ1n) is 10.1. The van der Waals surface area contributed by atoms with E-state index in [9.17, 15) is 14.4 Å². The van der Waals surface area contributed by atoms with Gasteiger partial charge in [0.05, 0.1) is 5.56 Å². The number of para-hydroxylation sites is 1. The molecule has 2 aromatic rings. The number of hydrogen-bond acceptors (Lipinski definition) is 6. The number of hydrogen-bond donors (Lipinski definition) is 1. The molecule has 2 aromatic carbocycles. The number of anilines is 2. The summed E-state index contributed by atoms with van der Waals surface area (Å²) in [5, 5.41) is 2.75. The number of aldehydes is 1. The van der Waals surface area contributed by atoms with E-state index in [4.69, 9.17) is 9.47 Å². The van der Waals surface area contributed by atoms with Crippen LogP contribution >= 0.6 is 0 Å². The van der Waals surface area contributed by atoms with Gasteiger partial charge in [-0.1, -0.05) is 12.1 Å². The zero-order chi connectivity index (χ0) is 21.3. The van der Waals surface area contributed by atoms with Gasteiger partial charge in [-0.25, -0.2) is 4.79 Å². The predicted molar refractivity (Wildman–Crippen MR) is 114 cm³/mol. The monoisotopic (exact) mass is 410 g/mol. The first-order valence-corrected chi connectivity index (χ1v) is 10.1. The van der Waals surface area contributed by atoms with Crippen molar-refractivity contribution in [1.29, 1.82) is 0 Å². The predicted octanol–water partition coefficient (Wildman–Crippen LogP) is 3.44. The van der Waals surface area contributed by atoms with E-state index in [1.165, 1.54) is 26.2 Å². The van der Waals surface area contributed by atoms with E-state index in [-0.39, 0.29) is 5.75 Å². The lowest BCUT2D eigenvalue weighted by Crippen LogP contribution is -2.32. The minimum absolute atomic E-state index is 0.287. The quantitative estimate of drug-likeness (QED) is 0.530. The molecule has 1 atom stereocenters. The minimum atomic E-state index is -0.982. The standard InChI is InChI=1S/C23H26N2O5/c1-17(30-22(27)16-29-21-8-4-3-7-18(21)15-26)23(28)24-19-9-11-20(12-10-19)25-13-5-2-6-14-25/h3-4,7-12,15,17H,2,5-6,13-14,16H2,1H3,(H,24,28)/t17-/m0/s1. The van der Waals surface area contributed by atoms with Crippen LogP contribution in [-0.4, -0.2) is 44.0 Å². The lowest BCUT2D eigenvalue weighted by atomic mass is 10.1. The molecule has 3 rings (SSSR count). The molecule has 1 N–H and O–H groups in total. The zero-order valence-electron chi connectivity index (χ0n) is 17.0. The van der Waals surface area contributed by atoms with Crippen LogP contribution in [0.4, 0.5) is 11.4 Å². The van der Waals surface area contributed by atoms with Crippen molar-refractivity contribution in [2.75, 3.05) is 29.9 Å². The van der Waals surface area contributed by atoms with Crippen LogP contribution < -0.4 is 15.0 Å². The van der Waals surface area contributed by atoms with Gasteiger partial charge in [-0.2, -0.15) is 0 Å². The fraction of sp³-hybridized carbons (Fsp3) is 0.348. The summed E-state index contributed by atoms with van der Waals surface area (Å²) < 4.78 is 10.4. The molecule has 1 fully saturated rings. The Bertz CT molecular complexity index is 875. The Morgan fingerprint density at radius 3 is 2.47 bits per heavy atom. The topological polar surface area (TPSA) is 84.9 Å². The van der Waals surface area contributed by atoms with Crippen molar-refractivity contribution in [2.45, 2.75) is 32.3 Å². The van der Waals surface area contributed by atoms with Crippen LogP contribution in [-0.2, 0) is 14.3 Å². The molecule has 1 saturated heterocycles. The number of piperidine rings is 1. The molecule has 0 radical (unpaired) electrons. The van der Waals surface area contributed by atoms with Gasteiger partial charge in [-0.15, -0.1) is 0 Å². The van der Waals surface area contributed by atoms with Crippen LogP contribution in [0.15, 0.2) is 48.5 Å². The summed E-state index contributed by atoms with van der Waals surface area (Å²) in [5.41, 5.74) is 2.11. The van der Waals surface area contributed by atoms with E-state index in [1.54, 1.807) is 24.3 Å². The molecule has 1 aliphatic rings. The van der Waals surface area contributed by atoms with Crippen LogP contribution in [0.1, 0.15) is 36.5 Å². The second kappa shape index (κ2) is 10.4. The van der Waals surface area contributed by atoms with Gasteiger partial charge >= 0.3 is 5.97 Å². The van der Waals surface area contributed by atoms with E-state index < -0.39 is 24.6 Å². The molecule has 1 amide bonds. The number of nitrogens with zero attached hydrogens (tertiary/aromatic N) is 1. The normalized spacial score (nSPS) is 14.5. The van der Waals surface area contributed by atoms with Crippen LogP contribution in [0.3, 0.4) is 0 Å². The number of esters is 1. The van der Waals surface area contributed by atoms with E-state index >= 15 is 0 Å². The van der Waals surface area contributed by atoms with E-state index in [2.05, 4.69) is 10.2 Å². The van der Waals surface area contributed by atoms with Gasteiger partial charge < -0.3 is 19.7 Å². The smallest absolute Gasteiger partial charge is 0.344 e. The Morgan fingerprint density at radius 2 is 1.77 bits per heavy atom. The van der Waals surface area contributed by atoms with Gasteiger partial charge in [0.2, 0.25) is 0 Å². The number of ether oxygens (including phenoxy) is 2. The van der Waals surface area contributed by atoms with Crippen molar-refractivity contribution >= 4 is 29.5 Å². The van der Waals surface area contributed by atoms with Gasteiger partial charge in [-0.3, -0.25) is 9.59 Å². The van der Waals surface area contributed by atoms with Gasteiger partial charge in [0.1, 0.15) is 5.75 Å². The summed E-state index contributed by atoms with van der Waals surface area (Å²) in [6.07, 6.45) is 3.34. The molecule has 0 aromatic heterocycles. The molecule has 0 bridgehead atoms. The van der Waals surface area contributed by atoms with E-state index in [0.29, 0.717) is 17.5 Å². The Hall–Kier alpha value is -3.35. The maximum Gasteiger partial charge on any atom is 0.344 e. The number of rotatable bonds is 8. The Kier molecular flexibility index (Phi) is 7.43. The molecule has 0 unspecified atom stereocenters. The lowest BCUT2D eigenvalue weighted by Gasteiger charge is -2.28. The summed E-state index contributed by atoms with van der Waals surface area (Å²) in [5.74, 6) is -0.837. The molecule has 0 saturated carbocycles. The van der Waals surface area contributed by atoms with Gasteiger partial charge in [0.15, 0.2) is 19.0 Å². The number of benzene rings is 2. The number of carbonyl (C=O) groups is 3. The Balaban J connectivity index is 1.46. The maximum atomic E-state index is 12.3. The van der Waals surface area contributed by atoms with Crippen LogP contribution in [0.2, 0.25) is 0 Å². The molecule has 7 heteroatoms. The highest BCUT2D eigenvalue weighted by Gasteiger charge is 2.19. The average Bonchev–Trinajstić information content (AvgIpc) is 2.79. The molecule has 158 valence electrons. The van der Waals surface area contributed by atoms with Crippen LogP contribution in [0.25, 0.3) is 0 Å². The minimum Gasteiger partial charge on any atom is -0.481 e. The second-order valence-corrected chi connectivity index (χ2v) is 7.16. The van der Waals surface area contributed by atoms with Crippen molar-refractivity contribution in [1.82, 2.24) is 0 Å². The van der Waals surface area contributed by atoms with Crippen molar-refractivity contribution in [3.05, 3.63) is 54.1 Å². The Morgan fingerprint density at radius 1 is 1.07 bits per heavy atom. The molecule has 1 heterocycles. The molecular weight excluding hydrogens is 384 g/mol. The van der Waals surface area contributed by atoms with E-state index in [0.717, 1.165) is 18.8 Å². The molecule has 7 nitrogen and oxygen atoms in total. The first kappa shape index (κ1) is 21.4. The molecular formula is C23H26N2O5. The van der Waals surface area contributed by atoms with Crippen molar-refractivity contribution in [2.24, 2.45) is 0 Å². The third-order valence-corrected chi connectivity index (χ3v) is 4.93. The van der Waals surface area contributed by atoms with Crippen molar-refractivity contribution in [3.8, 4) is 5.75 Å². The summed E-state index contributed by atoms with van der Waals surface area (Å²) in [6.45, 7) is 3.21. The first-order chi connectivity index (χ1) is 14.6. The second-order valence-electron chi connectivity index (χ2n) is 7.16. The molecule has 0 aliphatic carbocycles. The Labute approximate surface area is 176 Å². The highest BCUT2D eigenvalue weighted by Crippen LogP contribution is 2.22. The number of nitrogens with one attached hydrogen (secondary N) is 1. The molecule has 0 spiro atoms. The summed E-state index contributed by atoms with van der Waals surface area (Å²) in [6, 6.07) is 14.2. The van der Waals surface area contributed by atoms with Gasteiger partial charge in [-0.05, 0) is 62.6 Å². The van der Waals surface area contributed by atoms with Crippen LogP contribution in [0.5, 0.6) is 5.75 Å². The molecule has 1 aliphatic heterocycles. The van der Waals surface area contributed by atoms with Gasteiger partial charge in [0.25, 0.3) is 5.91 Å².